The fraction of sp³-hybridized carbons (Fsp3) is 0.450. The molecule has 2 amide bonds. The lowest BCUT2D eigenvalue weighted by atomic mass is 10.0. The highest BCUT2D eigenvalue weighted by Crippen LogP contribution is 2.18. The van der Waals surface area contributed by atoms with Crippen molar-refractivity contribution < 1.29 is 18.8 Å². The third-order valence-corrected chi connectivity index (χ3v) is 4.71. The summed E-state index contributed by atoms with van der Waals surface area (Å²) >= 11 is 0. The highest BCUT2D eigenvalue weighted by molar-refractivity contribution is 5.92. The molecule has 7 nitrogen and oxygen atoms in total. The first-order valence-electron chi connectivity index (χ1n) is 9.29. The summed E-state index contributed by atoms with van der Waals surface area (Å²) in [6, 6.07) is 9.42. The number of aromatic nitrogens is 1. The Morgan fingerprint density at radius 3 is 2.70 bits per heavy atom. The van der Waals surface area contributed by atoms with Crippen molar-refractivity contribution in [2.75, 3.05) is 19.7 Å². The molecular formula is C20H25N3O4. The third kappa shape index (κ3) is 4.87. The number of nitrogens with one attached hydrogen (secondary N) is 1. The highest BCUT2D eigenvalue weighted by atomic mass is 16.5. The van der Waals surface area contributed by atoms with Crippen LogP contribution in [-0.2, 0) is 11.2 Å². The van der Waals surface area contributed by atoms with Crippen LogP contribution in [0.3, 0.4) is 0 Å². The van der Waals surface area contributed by atoms with Gasteiger partial charge in [-0.1, -0.05) is 30.3 Å². The number of likely N-dealkylation sites (tertiary alicyclic amines) is 1. The minimum Gasteiger partial charge on any atom is -0.483 e. The summed E-state index contributed by atoms with van der Waals surface area (Å²) in [6.45, 7) is 4.96. The number of benzene rings is 1. The summed E-state index contributed by atoms with van der Waals surface area (Å²) in [4.78, 5) is 26.3. The van der Waals surface area contributed by atoms with Crippen molar-refractivity contribution in [3.63, 3.8) is 0 Å². The molecule has 0 spiro atoms. The number of aryl methyl sites for hydroxylation is 2. The molecular weight excluding hydrogens is 346 g/mol. The second-order valence-corrected chi connectivity index (χ2v) is 6.71. The molecule has 2 heterocycles. The normalized spacial score (nSPS) is 14.8. The minimum absolute atomic E-state index is 0.00558. The van der Waals surface area contributed by atoms with Gasteiger partial charge in [0.15, 0.2) is 12.3 Å². The molecule has 0 atom stereocenters. The Morgan fingerprint density at radius 1 is 1.30 bits per heavy atom. The van der Waals surface area contributed by atoms with Crippen molar-refractivity contribution in [1.82, 2.24) is 15.4 Å². The third-order valence-electron chi connectivity index (χ3n) is 4.71. The molecule has 1 aliphatic heterocycles. The van der Waals surface area contributed by atoms with Crippen LogP contribution in [0.4, 0.5) is 0 Å². The fourth-order valence-electron chi connectivity index (χ4n) is 3.21. The van der Waals surface area contributed by atoms with Crippen molar-refractivity contribution in [2.45, 2.75) is 39.2 Å². The van der Waals surface area contributed by atoms with Crippen molar-refractivity contribution in [3.8, 4) is 5.75 Å². The molecule has 1 aromatic heterocycles. The zero-order valence-electron chi connectivity index (χ0n) is 15.7. The molecule has 0 unspecified atom stereocenters. The molecule has 1 aliphatic rings. The number of nitrogens with zero attached hydrogens (tertiary/aromatic N) is 2. The smallest absolute Gasteiger partial charge is 0.276 e. The molecule has 0 aliphatic carbocycles. The molecule has 1 aromatic carbocycles. The van der Waals surface area contributed by atoms with Crippen LogP contribution < -0.4 is 10.1 Å². The lowest BCUT2D eigenvalue weighted by Crippen LogP contribution is -2.47. The lowest BCUT2D eigenvalue weighted by molar-refractivity contribution is -0.124. The molecule has 1 N–H and O–H groups in total. The van der Waals surface area contributed by atoms with Crippen LogP contribution >= 0.6 is 0 Å². The molecule has 3 rings (SSSR count). The summed E-state index contributed by atoms with van der Waals surface area (Å²) in [5.74, 6) is 1.09. The van der Waals surface area contributed by atoms with Gasteiger partial charge < -0.3 is 19.5 Å². The van der Waals surface area contributed by atoms with E-state index in [2.05, 4.69) is 17.4 Å². The van der Waals surface area contributed by atoms with Crippen LogP contribution in [0.1, 0.15) is 41.6 Å². The summed E-state index contributed by atoms with van der Waals surface area (Å²) < 4.78 is 10.6. The van der Waals surface area contributed by atoms with Gasteiger partial charge in [-0.15, -0.1) is 0 Å². The standard InChI is InChI=1S/C20H25N3O4/c1-3-15-6-4-5-7-18(15)26-13-19(24)21-16-8-10-23(11-9-16)20(25)17-12-14(2)27-22-17/h4-7,12,16H,3,8-11,13H2,1-2H3,(H,21,24). The maximum atomic E-state index is 12.4. The first-order valence-corrected chi connectivity index (χ1v) is 9.29. The first-order chi connectivity index (χ1) is 13.1. The maximum absolute atomic E-state index is 12.4. The maximum Gasteiger partial charge on any atom is 0.276 e. The molecule has 0 saturated carbocycles. The van der Waals surface area contributed by atoms with Crippen LogP contribution in [0.5, 0.6) is 5.75 Å². The highest BCUT2D eigenvalue weighted by Gasteiger charge is 2.26. The van der Waals surface area contributed by atoms with Crippen LogP contribution in [0.2, 0.25) is 0 Å². The van der Waals surface area contributed by atoms with E-state index in [-0.39, 0.29) is 24.5 Å². The van der Waals surface area contributed by atoms with Crippen LogP contribution in [-0.4, -0.2) is 47.6 Å². The van der Waals surface area contributed by atoms with Crippen molar-refractivity contribution in [2.24, 2.45) is 0 Å². The quantitative estimate of drug-likeness (QED) is 0.843. The Morgan fingerprint density at radius 2 is 2.04 bits per heavy atom. The molecule has 7 heteroatoms. The predicted molar refractivity (Wildman–Crippen MR) is 99.6 cm³/mol. The van der Waals surface area contributed by atoms with Gasteiger partial charge in [0, 0.05) is 25.2 Å². The number of amides is 2. The second kappa shape index (κ2) is 8.70. The van der Waals surface area contributed by atoms with E-state index in [1.54, 1.807) is 17.9 Å². The van der Waals surface area contributed by atoms with E-state index in [0.29, 0.717) is 37.4 Å². The first kappa shape index (κ1) is 18.9. The molecule has 2 aromatic rings. The number of carbonyl (C=O) groups excluding carboxylic acids is 2. The van der Waals surface area contributed by atoms with E-state index in [1.807, 2.05) is 24.3 Å². The number of piperidine rings is 1. The van der Waals surface area contributed by atoms with Gasteiger partial charge in [-0.05, 0) is 37.8 Å². The zero-order valence-corrected chi connectivity index (χ0v) is 15.7. The monoisotopic (exact) mass is 371 g/mol. The molecule has 27 heavy (non-hydrogen) atoms. The fourth-order valence-corrected chi connectivity index (χ4v) is 3.21. The van der Waals surface area contributed by atoms with Gasteiger partial charge in [0.1, 0.15) is 11.5 Å². The Kier molecular flexibility index (Phi) is 6.11. The van der Waals surface area contributed by atoms with E-state index in [0.717, 1.165) is 17.7 Å². The van der Waals surface area contributed by atoms with E-state index in [9.17, 15) is 9.59 Å². The number of carbonyl (C=O) groups is 2. The molecule has 1 saturated heterocycles. The number of hydrogen-bond donors (Lipinski definition) is 1. The van der Waals surface area contributed by atoms with Crippen molar-refractivity contribution in [1.29, 1.82) is 0 Å². The Hall–Kier alpha value is -2.83. The van der Waals surface area contributed by atoms with Gasteiger partial charge >= 0.3 is 0 Å². The van der Waals surface area contributed by atoms with Gasteiger partial charge in [-0.25, -0.2) is 0 Å². The van der Waals surface area contributed by atoms with E-state index in [1.165, 1.54) is 0 Å². The van der Waals surface area contributed by atoms with Gasteiger partial charge in [0.2, 0.25) is 0 Å². The van der Waals surface area contributed by atoms with Crippen molar-refractivity contribution in [3.05, 3.63) is 47.3 Å². The van der Waals surface area contributed by atoms with Gasteiger partial charge in [0.25, 0.3) is 11.8 Å². The SMILES string of the molecule is CCc1ccccc1OCC(=O)NC1CCN(C(=O)c2cc(C)on2)CC1. The van der Waals surface area contributed by atoms with Crippen LogP contribution in [0.15, 0.2) is 34.9 Å². The molecule has 0 radical (unpaired) electrons. The zero-order chi connectivity index (χ0) is 19.2. The summed E-state index contributed by atoms with van der Waals surface area (Å²) in [5, 5.41) is 6.77. The van der Waals surface area contributed by atoms with E-state index < -0.39 is 0 Å². The van der Waals surface area contributed by atoms with E-state index in [4.69, 9.17) is 9.26 Å². The number of ether oxygens (including phenoxy) is 1. The summed E-state index contributed by atoms with van der Waals surface area (Å²) in [6.07, 6.45) is 2.27. The topological polar surface area (TPSA) is 84.7 Å². The second-order valence-electron chi connectivity index (χ2n) is 6.71. The summed E-state index contributed by atoms with van der Waals surface area (Å²) in [7, 11) is 0. The predicted octanol–water partition coefficient (Wildman–Crippen LogP) is 2.35. The van der Waals surface area contributed by atoms with Gasteiger partial charge in [0.05, 0.1) is 0 Å². The molecule has 1 fully saturated rings. The van der Waals surface area contributed by atoms with Crippen molar-refractivity contribution >= 4 is 11.8 Å². The molecule has 144 valence electrons. The number of hydrogen-bond acceptors (Lipinski definition) is 5. The largest absolute Gasteiger partial charge is 0.483 e. The summed E-state index contributed by atoms with van der Waals surface area (Å²) in [5.41, 5.74) is 1.41. The lowest BCUT2D eigenvalue weighted by Gasteiger charge is -2.31. The Labute approximate surface area is 158 Å². The van der Waals surface area contributed by atoms with E-state index >= 15 is 0 Å². The van der Waals surface area contributed by atoms with Gasteiger partial charge in [-0.3, -0.25) is 9.59 Å². The number of para-hydroxylation sites is 1. The minimum atomic E-state index is -0.141. The Bertz CT molecular complexity index is 794. The average molecular weight is 371 g/mol. The number of rotatable bonds is 6. The van der Waals surface area contributed by atoms with Crippen LogP contribution in [0.25, 0.3) is 0 Å². The molecule has 0 bridgehead atoms. The van der Waals surface area contributed by atoms with Gasteiger partial charge in [-0.2, -0.15) is 0 Å². The van der Waals surface area contributed by atoms with Crippen LogP contribution in [0, 0.1) is 6.92 Å². The Balaban J connectivity index is 1.43. The average Bonchev–Trinajstić information content (AvgIpc) is 3.13.